The molecule has 0 saturated carbocycles. The van der Waals surface area contributed by atoms with Crippen LogP contribution in [0.25, 0.3) is 0 Å². The first kappa shape index (κ1) is 35.7. The Labute approximate surface area is 234 Å². The van der Waals surface area contributed by atoms with Gasteiger partial charge in [-0.15, -0.1) is 0 Å². The summed E-state index contributed by atoms with van der Waals surface area (Å²) in [6, 6.07) is 0. The maximum absolute atomic E-state index is 10.5. The summed E-state index contributed by atoms with van der Waals surface area (Å²) in [5.41, 5.74) is -3.77. The average Bonchev–Trinajstić information content (AvgIpc) is 3.16. The minimum Gasteiger partial charge on any atom is -0.390 e. The summed E-state index contributed by atoms with van der Waals surface area (Å²) in [6.45, 7) is 30.6. The molecule has 2 N–H and O–H groups in total. The number of hydrogen-bond donors (Lipinski definition) is 2. The van der Waals surface area contributed by atoms with Crippen molar-refractivity contribution in [1.29, 1.82) is 0 Å². The van der Waals surface area contributed by atoms with Crippen molar-refractivity contribution < 1.29 is 33.9 Å². The molecule has 1 aliphatic rings. The molecule has 0 aliphatic carbocycles. The van der Waals surface area contributed by atoms with Crippen molar-refractivity contribution in [3.63, 3.8) is 0 Å². The third-order valence-corrected chi connectivity index (χ3v) is 7.99. The van der Waals surface area contributed by atoms with Crippen LogP contribution < -0.4 is 0 Å². The summed E-state index contributed by atoms with van der Waals surface area (Å²) >= 11 is 0. The highest BCUT2D eigenvalue weighted by atomic mass is 16.5. The van der Waals surface area contributed by atoms with E-state index in [0.717, 1.165) is 0 Å². The average molecular weight is 547 g/mol. The van der Waals surface area contributed by atoms with E-state index in [4.69, 9.17) is 23.7 Å². The van der Waals surface area contributed by atoms with Crippen molar-refractivity contribution in [2.45, 2.75) is 149 Å². The van der Waals surface area contributed by atoms with Crippen molar-refractivity contribution >= 4 is 0 Å². The van der Waals surface area contributed by atoms with Crippen LogP contribution in [0.2, 0.25) is 0 Å². The van der Waals surface area contributed by atoms with E-state index in [1.54, 1.807) is 27.7 Å². The minimum atomic E-state index is -0.952. The smallest absolute Gasteiger partial charge is 0.0824 e. The fraction of sp³-hybridized carbons (Fsp3) is 1.00. The number of rotatable bonds is 17. The van der Waals surface area contributed by atoms with Gasteiger partial charge in [0.2, 0.25) is 0 Å². The van der Waals surface area contributed by atoms with Crippen LogP contribution in [0.5, 0.6) is 0 Å². The maximum atomic E-state index is 10.5. The fourth-order valence-electron chi connectivity index (χ4n) is 5.88. The van der Waals surface area contributed by atoms with Gasteiger partial charge in [-0.1, -0.05) is 0 Å². The predicted octanol–water partition coefficient (Wildman–Crippen LogP) is 5.78. The van der Waals surface area contributed by atoms with Gasteiger partial charge >= 0.3 is 0 Å². The molecular formula is C31H62O7. The maximum Gasteiger partial charge on any atom is 0.0824 e. The number of aliphatic hydroxyl groups is 2. The van der Waals surface area contributed by atoms with Gasteiger partial charge in [0.25, 0.3) is 0 Å². The Morgan fingerprint density at radius 3 is 1.76 bits per heavy atom. The van der Waals surface area contributed by atoms with Gasteiger partial charge < -0.3 is 33.9 Å². The molecule has 1 rings (SSSR count). The van der Waals surface area contributed by atoms with Crippen molar-refractivity contribution in [3.8, 4) is 0 Å². The number of hydrogen-bond acceptors (Lipinski definition) is 7. The monoisotopic (exact) mass is 546 g/mol. The highest BCUT2D eigenvalue weighted by Gasteiger charge is 2.57. The van der Waals surface area contributed by atoms with E-state index in [-0.39, 0.29) is 30.5 Å². The van der Waals surface area contributed by atoms with Crippen molar-refractivity contribution in [2.75, 3.05) is 33.0 Å². The molecule has 0 aromatic rings. The molecule has 4 atom stereocenters. The molecule has 1 saturated heterocycles. The SMILES string of the molecule is CCOC(C)(C)CC(C1OCC(C(C)(C)OCC)C1C(C)(C)OCCC(C)(C)O)C(C)(C)OCC(C)(C)O. The van der Waals surface area contributed by atoms with Crippen LogP contribution in [0.1, 0.15) is 110 Å². The highest BCUT2D eigenvalue weighted by molar-refractivity contribution is 5.06. The van der Waals surface area contributed by atoms with Crippen LogP contribution in [0, 0.1) is 17.8 Å². The normalized spacial score (nSPS) is 23.2. The Bertz CT molecular complexity index is 700. The summed E-state index contributed by atoms with van der Waals surface area (Å²) in [5.74, 6) is 0.00153. The molecular weight excluding hydrogens is 484 g/mol. The second-order valence-corrected chi connectivity index (χ2v) is 14.7. The molecule has 0 aromatic heterocycles. The lowest BCUT2D eigenvalue weighted by molar-refractivity contribution is -0.181. The second-order valence-electron chi connectivity index (χ2n) is 14.7. The van der Waals surface area contributed by atoms with Crippen LogP contribution in [0.3, 0.4) is 0 Å². The molecule has 0 amide bonds. The van der Waals surface area contributed by atoms with E-state index in [9.17, 15) is 10.2 Å². The summed E-state index contributed by atoms with van der Waals surface area (Å²) in [7, 11) is 0. The third-order valence-electron chi connectivity index (χ3n) is 7.99. The molecule has 1 aliphatic heterocycles. The lowest BCUT2D eigenvalue weighted by atomic mass is 9.65. The Morgan fingerprint density at radius 1 is 0.737 bits per heavy atom. The molecule has 228 valence electrons. The first-order chi connectivity index (χ1) is 17.0. The van der Waals surface area contributed by atoms with E-state index in [2.05, 4.69) is 55.4 Å². The van der Waals surface area contributed by atoms with Gasteiger partial charge in [-0.25, -0.2) is 0 Å². The molecule has 0 bridgehead atoms. The van der Waals surface area contributed by atoms with Gasteiger partial charge in [0.05, 0.1) is 59.5 Å². The van der Waals surface area contributed by atoms with Crippen LogP contribution in [-0.2, 0) is 23.7 Å². The van der Waals surface area contributed by atoms with E-state index in [0.29, 0.717) is 39.3 Å². The molecule has 38 heavy (non-hydrogen) atoms. The van der Waals surface area contributed by atoms with Gasteiger partial charge in [0.15, 0.2) is 0 Å². The quantitative estimate of drug-likeness (QED) is 0.239. The van der Waals surface area contributed by atoms with Gasteiger partial charge in [-0.05, 0) is 110 Å². The van der Waals surface area contributed by atoms with Crippen LogP contribution >= 0.6 is 0 Å². The largest absolute Gasteiger partial charge is 0.390 e. The first-order valence-electron chi connectivity index (χ1n) is 14.6. The van der Waals surface area contributed by atoms with E-state index < -0.39 is 33.6 Å². The standard InChI is InChI=1S/C31H62O7/c1-15-35-28(7,8)19-22(29(9,10)38-21-27(5,6)33)25-24(23(20-34-25)30(11,12)36-16-2)31(13,14)37-18-17-26(3,4)32/h22-25,32-33H,15-21H2,1-14H3. The zero-order valence-corrected chi connectivity index (χ0v) is 27.2. The fourth-order valence-corrected chi connectivity index (χ4v) is 5.88. The lowest BCUT2D eigenvalue weighted by Gasteiger charge is -2.48. The summed E-state index contributed by atoms with van der Waals surface area (Å²) in [4.78, 5) is 0. The Kier molecular flexibility index (Phi) is 12.4. The van der Waals surface area contributed by atoms with E-state index >= 15 is 0 Å². The summed E-state index contributed by atoms with van der Waals surface area (Å²) in [5, 5.41) is 20.8. The number of ether oxygens (including phenoxy) is 5. The van der Waals surface area contributed by atoms with Crippen molar-refractivity contribution in [3.05, 3.63) is 0 Å². The van der Waals surface area contributed by atoms with Crippen molar-refractivity contribution in [1.82, 2.24) is 0 Å². The van der Waals surface area contributed by atoms with E-state index in [1.165, 1.54) is 0 Å². The minimum absolute atomic E-state index is 0.0155. The molecule has 0 spiro atoms. The van der Waals surface area contributed by atoms with Gasteiger partial charge in [-0.3, -0.25) is 0 Å². The van der Waals surface area contributed by atoms with E-state index in [1.807, 2.05) is 13.8 Å². The molecule has 7 nitrogen and oxygen atoms in total. The van der Waals surface area contributed by atoms with Crippen LogP contribution in [0.4, 0.5) is 0 Å². The molecule has 1 heterocycles. The Balaban J connectivity index is 3.55. The zero-order valence-electron chi connectivity index (χ0n) is 27.2. The van der Waals surface area contributed by atoms with Crippen molar-refractivity contribution in [2.24, 2.45) is 17.8 Å². The lowest BCUT2D eigenvalue weighted by Crippen LogP contribution is -2.55. The summed E-state index contributed by atoms with van der Waals surface area (Å²) in [6.07, 6.45) is 1.05. The molecule has 1 fully saturated rings. The zero-order chi connectivity index (χ0) is 29.8. The molecule has 0 radical (unpaired) electrons. The van der Waals surface area contributed by atoms with Gasteiger partial charge in [0, 0.05) is 31.0 Å². The Morgan fingerprint density at radius 2 is 1.29 bits per heavy atom. The third kappa shape index (κ3) is 10.9. The van der Waals surface area contributed by atoms with Crippen LogP contribution in [0.15, 0.2) is 0 Å². The molecule has 4 unspecified atom stereocenters. The van der Waals surface area contributed by atoms with Gasteiger partial charge in [-0.2, -0.15) is 0 Å². The second kappa shape index (κ2) is 13.1. The topological polar surface area (TPSA) is 86.6 Å². The summed E-state index contributed by atoms with van der Waals surface area (Å²) < 4.78 is 32.2. The molecule has 7 heteroatoms. The molecule has 0 aromatic carbocycles. The highest BCUT2D eigenvalue weighted by Crippen LogP contribution is 2.50. The van der Waals surface area contributed by atoms with Gasteiger partial charge in [0.1, 0.15) is 0 Å². The predicted molar refractivity (Wildman–Crippen MR) is 154 cm³/mol. The first-order valence-corrected chi connectivity index (χ1v) is 14.6. The Hall–Kier alpha value is -0.280. The van der Waals surface area contributed by atoms with Crippen LogP contribution in [-0.4, -0.2) is 83.0 Å².